The van der Waals surface area contributed by atoms with Gasteiger partial charge in [0.25, 0.3) is 5.91 Å². The van der Waals surface area contributed by atoms with Crippen molar-refractivity contribution in [2.45, 2.75) is 13.5 Å². The molecule has 0 unspecified atom stereocenters. The van der Waals surface area contributed by atoms with Crippen molar-refractivity contribution < 1.29 is 23.8 Å². The van der Waals surface area contributed by atoms with E-state index in [0.29, 0.717) is 36.1 Å². The summed E-state index contributed by atoms with van der Waals surface area (Å²) in [6.45, 7) is 3.11. The monoisotopic (exact) mass is 378 g/mol. The van der Waals surface area contributed by atoms with Crippen LogP contribution in [0.3, 0.4) is 0 Å². The quantitative estimate of drug-likeness (QED) is 0.624. The smallest absolute Gasteiger partial charge is 0.357 e. The molecule has 0 aliphatic heterocycles. The highest BCUT2D eigenvalue weighted by atomic mass is 32.1. The van der Waals surface area contributed by atoms with Gasteiger partial charge in [0.05, 0.1) is 26.9 Å². The van der Waals surface area contributed by atoms with Crippen molar-refractivity contribution in [3.05, 3.63) is 45.9 Å². The fourth-order valence-electron chi connectivity index (χ4n) is 2.24. The SMILES string of the molecule is CCOC(=O)c1csc(CN(CCOC)C(=O)c2cccc(OC)c2)n1. The van der Waals surface area contributed by atoms with Crippen LogP contribution in [0.1, 0.15) is 32.8 Å². The summed E-state index contributed by atoms with van der Waals surface area (Å²) in [5, 5.41) is 2.29. The molecule has 1 amide bonds. The molecule has 0 aliphatic rings. The van der Waals surface area contributed by atoms with E-state index in [1.165, 1.54) is 11.3 Å². The van der Waals surface area contributed by atoms with Gasteiger partial charge in [-0.05, 0) is 25.1 Å². The van der Waals surface area contributed by atoms with Gasteiger partial charge in [-0.25, -0.2) is 9.78 Å². The van der Waals surface area contributed by atoms with E-state index < -0.39 is 5.97 Å². The van der Waals surface area contributed by atoms with Crippen molar-refractivity contribution in [3.63, 3.8) is 0 Å². The number of methoxy groups -OCH3 is 2. The molecule has 140 valence electrons. The van der Waals surface area contributed by atoms with Crippen molar-refractivity contribution in [2.24, 2.45) is 0 Å². The van der Waals surface area contributed by atoms with E-state index >= 15 is 0 Å². The van der Waals surface area contributed by atoms with Crippen LogP contribution in [-0.2, 0) is 16.0 Å². The van der Waals surface area contributed by atoms with E-state index in [1.54, 1.807) is 55.7 Å². The van der Waals surface area contributed by atoms with E-state index in [-0.39, 0.29) is 18.1 Å². The second-order valence-corrected chi connectivity index (χ2v) is 6.24. The highest BCUT2D eigenvalue weighted by molar-refractivity contribution is 7.09. The van der Waals surface area contributed by atoms with Crippen LogP contribution >= 0.6 is 11.3 Å². The van der Waals surface area contributed by atoms with Crippen molar-refractivity contribution in [1.29, 1.82) is 0 Å². The van der Waals surface area contributed by atoms with Crippen LogP contribution in [0.5, 0.6) is 5.75 Å². The lowest BCUT2D eigenvalue weighted by Crippen LogP contribution is -2.33. The largest absolute Gasteiger partial charge is 0.497 e. The molecule has 0 aliphatic carbocycles. The molecule has 0 fully saturated rings. The summed E-state index contributed by atoms with van der Waals surface area (Å²) >= 11 is 1.31. The Hall–Kier alpha value is -2.45. The van der Waals surface area contributed by atoms with Crippen molar-refractivity contribution in [3.8, 4) is 5.75 Å². The number of rotatable bonds is 9. The maximum absolute atomic E-state index is 12.9. The van der Waals surface area contributed by atoms with Crippen molar-refractivity contribution in [2.75, 3.05) is 34.0 Å². The van der Waals surface area contributed by atoms with Gasteiger partial charge < -0.3 is 19.1 Å². The first-order chi connectivity index (χ1) is 12.6. The third-order valence-electron chi connectivity index (χ3n) is 3.53. The molecule has 26 heavy (non-hydrogen) atoms. The number of thiazole rings is 1. The summed E-state index contributed by atoms with van der Waals surface area (Å²) in [6.07, 6.45) is 0. The maximum atomic E-state index is 12.9. The minimum Gasteiger partial charge on any atom is -0.497 e. The van der Waals surface area contributed by atoms with Crippen LogP contribution < -0.4 is 4.74 Å². The number of ether oxygens (including phenoxy) is 3. The first kappa shape index (κ1) is 19.9. The summed E-state index contributed by atoms with van der Waals surface area (Å²) in [4.78, 5) is 30.5. The standard InChI is InChI=1S/C18H22N2O5S/c1-4-25-18(22)15-12-26-16(19-15)11-20(8-9-23-2)17(21)13-6-5-7-14(10-13)24-3/h5-7,10,12H,4,8-9,11H2,1-3H3. The Morgan fingerprint density at radius 2 is 2.08 bits per heavy atom. The Kier molecular flexibility index (Phi) is 7.55. The first-order valence-electron chi connectivity index (χ1n) is 8.12. The highest BCUT2D eigenvalue weighted by Gasteiger charge is 2.19. The van der Waals surface area contributed by atoms with Crippen LogP contribution in [0.25, 0.3) is 0 Å². The van der Waals surface area contributed by atoms with Crippen molar-refractivity contribution >= 4 is 23.2 Å². The van der Waals surface area contributed by atoms with Gasteiger partial charge in [-0.2, -0.15) is 0 Å². The lowest BCUT2D eigenvalue weighted by molar-refractivity contribution is 0.0520. The van der Waals surface area contributed by atoms with Gasteiger partial charge in [-0.3, -0.25) is 4.79 Å². The Bertz CT molecular complexity index is 747. The average Bonchev–Trinajstić information content (AvgIpc) is 3.13. The molecule has 0 radical (unpaired) electrons. The van der Waals surface area contributed by atoms with Gasteiger partial charge in [0, 0.05) is 24.6 Å². The Balaban J connectivity index is 2.16. The van der Waals surface area contributed by atoms with Crippen LogP contribution in [-0.4, -0.2) is 55.7 Å². The number of esters is 1. The highest BCUT2D eigenvalue weighted by Crippen LogP contribution is 2.18. The van der Waals surface area contributed by atoms with Crippen LogP contribution in [0.2, 0.25) is 0 Å². The molecular weight excluding hydrogens is 356 g/mol. The number of carbonyl (C=O) groups is 2. The minimum absolute atomic E-state index is 0.158. The zero-order valence-electron chi connectivity index (χ0n) is 15.1. The molecule has 1 aromatic carbocycles. The average molecular weight is 378 g/mol. The van der Waals surface area contributed by atoms with Crippen molar-refractivity contribution in [1.82, 2.24) is 9.88 Å². The van der Waals surface area contributed by atoms with E-state index in [2.05, 4.69) is 4.98 Å². The zero-order chi connectivity index (χ0) is 18.9. The maximum Gasteiger partial charge on any atom is 0.357 e. The van der Waals surface area contributed by atoms with Gasteiger partial charge in [0.2, 0.25) is 0 Å². The topological polar surface area (TPSA) is 78.0 Å². The Morgan fingerprint density at radius 3 is 2.77 bits per heavy atom. The number of hydrogen-bond donors (Lipinski definition) is 0. The second kappa shape index (κ2) is 9.88. The van der Waals surface area contributed by atoms with Crippen LogP contribution in [0.15, 0.2) is 29.6 Å². The second-order valence-electron chi connectivity index (χ2n) is 5.30. The molecule has 8 heteroatoms. The molecule has 0 atom stereocenters. The molecule has 7 nitrogen and oxygen atoms in total. The third kappa shape index (κ3) is 5.27. The fourth-order valence-corrected chi connectivity index (χ4v) is 3.02. The van der Waals surface area contributed by atoms with E-state index in [1.807, 2.05) is 0 Å². The summed E-state index contributed by atoms with van der Waals surface area (Å²) < 4.78 is 15.2. The van der Waals surface area contributed by atoms with Crippen LogP contribution in [0.4, 0.5) is 0 Å². The van der Waals surface area contributed by atoms with Gasteiger partial charge in [0.15, 0.2) is 5.69 Å². The predicted molar refractivity (Wildman–Crippen MR) is 97.7 cm³/mol. The molecule has 0 bridgehead atoms. The number of benzene rings is 1. The third-order valence-corrected chi connectivity index (χ3v) is 4.37. The molecule has 0 saturated carbocycles. The van der Waals surface area contributed by atoms with Gasteiger partial charge in [0.1, 0.15) is 10.8 Å². The number of amides is 1. The number of nitrogens with zero attached hydrogens (tertiary/aromatic N) is 2. The molecule has 2 rings (SSSR count). The summed E-state index contributed by atoms with van der Waals surface area (Å²) in [5.74, 6) is -0.00668. The Morgan fingerprint density at radius 1 is 1.27 bits per heavy atom. The minimum atomic E-state index is -0.461. The molecule has 0 saturated heterocycles. The number of aromatic nitrogens is 1. The van der Waals surface area contributed by atoms with E-state index in [9.17, 15) is 9.59 Å². The van der Waals surface area contributed by atoms with Gasteiger partial charge in [-0.1, -0.05) is 6.07 Å². The summed E-state index contributed by atoms with van der Waals surface area (Å²) in [6, 6.07) is 6.97. The number of carbonyl (C=O) groups excluding carboxylic acids is 2. The van der Waals surface area contributed by atoms with Gasteiger partial charge >= 0.3 is 5.97 Å². The zero-order valence-corrected chi connectivity index (χ0v) is 15.9. The van der Waals surface area contributed by atoms with E-state index in [0.717, 1.165) is 0 Å². The van der Waals surface area contributed by atoms with E-state index in [4.69, 9.17) is 14.2 Å². The lowest BCUT2D eigenvalue weighted by atomic mass is 10.2. The fraction of sp³-hybridized carbons (Fsp3) is 0.389. The molecule has 0 N–H and O–H groups in total. The summed E-state index contributed by atoms with van der Waals surface area (Å²) in [7, 11) is 3.13. The summed E-state index contributed by atoms with van der Waals surface area (Å²) in [5.41, 5.74) is 0.773. The molecule has 2 aromatic rings. The van der Waals surface area contributed by atoms with Gasteiger partial charge in [-0.15, -0.1) is 11.3 Å². The molecule has 0 spiro atoms. The lowest BCUT2D eigenvalue weighted by Gasteiger charge is -2.21. The normalized spacial score (nSPS) is 10.4. The molecular formula is C18H22N2O5S. The predicted octanol–water partition coefficient (Wildman–Crippen LogP) is 2.62. The molecule has 1 aromatic heterocycles. The first-order valence-corrected chi connectivity index (χ1v) is 9.00. The van der Waals surface area contributed by atoms with Crippen LogP contribution in [0, 0.1) is 0 Å². The Labute approximate surface area is 156 Å². The molecule has 1 heterocycles. The number of hydrogen-bond acceptors (Lipinski definition) is 7.